The van der Waals surface area contributed by atoms with Crippen molar-refractivity contribution < 1.29 is 4.79 Å². The molecule has 110 valence electrons. The van der Waals surface area contributed by atoms with E-state index in [2.05, 4.69) is 10.2 Å². The van der Waals surface area contributed by atoms with Gasteiger partial charge in [-0.05, 0) is 43.7 Å². The number of rotatable bonds is 3. The van der Waals surface area contributed by atoms with Gasteiger partial charge >= 0.3 is 0 Å². The smallest absolute Gasteiger partial charge is 0.255 e. The first-order valence-corrected chi connectivity index (χ1v) is 6.86. The van der Waals surface area contributed by atoms with E-state index < -0.39 is 0 Å². The Kier molecular flexibility index (Phi) is 4.43. The van der Waals surface area contributed by atoms with Gasteiger partial charge in [-0.15, -0.1) is 0 Å². The Bertz CT molecular complexity index is 687. The number of carbonyl (C=O) groups excluding carboxylic acids is 1. The molecule has 0 aliphatic carbocycles. The molecule has 2 N–H and O–H groups in total. The van der Waals surface area contributed by atoms with Crippen molar-refractivity contribution >= 4 is 23.2 Å². The van der Waals surface area contributed by atoms with Gasteiger partial charge in [-0.3, -0.25) is 4.79 Å². The summed E-state index contributed by atoms with van der Waals surface area (Å²) in [5.74, 6) is -0.121. The molecule has 0 aliphatic heterocycles. The standard InChI is InChI=1S/C15H17ClN4O/c1-9-6-13(10(2)19-18-9)15(21)20(3)8-11-7-12(17)4-5-14(11)16/h4-7H,8,17H2,1-3H3. The van der Waals surface area contributed by atoms with Gasteiger partial charge in [-0.25, -0.2) is 0 Å². The summed E-state index contributed by atoms with van der Waals surface area (Å²) in [5.41, 5.74) is 9.04. The second-order valence-electron chi connectivity index (χ2n) is 5.00. The van der Waals surface area contributed by atoms with Crippen LogP contribution in [0.4, 0.5) is 5.69 Å². The molecule has 6 heteroatoms. The molecule has 0 atom stereocenters. The van der Waals surface area contributed by atoms with E-state index in [9.17, 15) is 4.79 Å². The average molecular weight is 305 g/mol. The zero-order chi connectivity index (χ0) is 15.6. The number of nitrogens with two attached hydrogens (primary N) is 1. The molecule has 1 amide bonds. The molecule has 0 saturated heterocycles. The number of benzene rings is 1. The Hall–Kier alpha value is -2.14. The largest absolute Gasteiger partial charge is 0.399 e. The van der Waals surface area contributed by atoms with Crippen LogP contribution in [0.1, 0.15) is 27.3 Å². The first-order chi connectivity index (χ1) is 9.88. The number of aryl methyl sites for hydroxylation is 2. The molecule has 0 bridgehead atoms. The topological polar surface area (TPSA) is 72.1 Å². The molecule has 5 nitrogen and oxygen atoms in total. The average Bonchev–Trinajstić information content (AvgIpc) is 2.44. The molecule has 0 spiro atoms. The van der Waals surface area contributed by atoms with Gasteiger partial charge in [0.15, 0.2) is 0 Å². The van der Waals surface area contributed by atoms with Crippen molar-refractivity contribution in [2.24, 2.45) is 0 Å². The van der Waals surface area contributed by atoms with E-state index in [1.54, 1.807) is 50.1 Å². The minimum Gasteiger partial charge on any atom is -0.399 e. The molecule has 0 saturated carbocycles. The zero-order valence-electron chi connectivity index (χ0n) is 12.2. The van der Waals surface area contributed by atoms with E-state index in [-0.39, 0.29) is 5.91 Å². The molecule has 0 aliphatic rings. The highest BCUT2D eigenvalue weighted by Gasteiger charge is 2.17. The maximum atomic E-state index is 12.5. The molecule has 1 aromatic carbocycles. The summed E-state index contributed by atoms with van der Waals surface area (Å²) in [7, 11) is 1.72. The van der Waals surface area contributed by atoms with Crippen LogP contribution in [0.5, 0.6) is 0 Å². The van der Waals surface area contributed by atoms with Crippen molar-refractivity contribution in [3.63, 3.8) is 0 Å². The lowest BCUT2D eigenvalue weighted by molar-refractivity contribution is 0.0783. The summed E-state index contributed by atoms with van der Waals surface area (Å²) < 4.78 is 0. The van der Waals surface area contributed by atoms with Crippen molar-refractivity contribution in [2.75, 3.05) is 12.8 Å². The SMILES string of the molecule is Cc1cc(C(=O)N(C)Cc2cc(N)ccc2Cl)c(C)nn1. The van der Waals surface area contributed by atoms with Crippen LogP contribution in [0.25, 0.3) is 0 Å². The van der Waals surface area contributed by atoms with Gasteiger partial charge < -0.3 is 10.6 Å². The maximum absolute atomic E-state index is 12.5. The fourth-order valence-corrected chi connectivity index (χ4v) is 2.19. The summed E-state index contributed by atoms with van der Waals surface area (Å²) in [4.78, 5) is 14.1. The van der Waals surface area contributed by atoms with Crippen molar-refractivity contribution in [1.29, 1.82) is 0 Å². The van der Waals surface area contributed by atoms with Crippen LogP contribution in [0, 0.1) is 13.8 Å². The van der Waals surface area contributed by atoms with Crippen LogP contribution >= 0.6 is 11.6 Å². The van der Waals surface area contributed by atoms with Gasteiger partial charge in [0.25, 0.3) is 5.91 Å². The third-order valence-corrected chi connectivity index (χ3v) is 3.52. The third kappa shape index (κ3) is 3.49. The lowest BCUT2D eigenvalue weighted by atomic mass is 10.1. The van der Waals surface area contributed by atoms with E-state index in [0.29, 0.717) is 34.2 Å². The van der Waals surface area contributed by atoms with Crippen LogP contribution in [0.15, 0.2) is 24.3 Å². The molecule has 1 aromatic heterocycles. The molecule has 21 heavy (non-hydrogen) atoms. The summed E-state index contributed by atoms with van der Waals surface area (Å²) in [6, 6.07) is 6.97. The zero-order valence-corrected chi connectivity index (χ0v) is 13.0. The number of hydrogen-bond acceptors (Lipinski definition) is 4. The van der Waals surface area contributed by atoms with Crippen LogP contribution in [-0.4, -0.2) is 28.1 Å². The number of halogens is 1. The number of carbonyl (C=O) groups is 1. The van der Waals surface area contributed by atoms with Gasteiger partial charge in [-0.2, -0.15) is 10.2 Å². The van der Waals surface area contributed by atoms with E-state index in [4.69, 9.17) is 17.3 Å². The van der Waals surface area contributed by atoms with Crippen LogP contribution < -0.4 is 5.73 Å². The molecule has 0 fully saturated rings. The molecule has 0 unspecified atom stereocenters. The lowest BCUT2D eigenvalue weighted by Crippen LogP contribution is -2.27. The fraction of sp³-hybridized carbons (Fsp3) is 0.267. The number of hydrogen-bond donors (Lipinski definition) is 1. The molecule has 2 rings (SSSR count). The predicted molar refractivity (Wildman–Crippen MR) is 83.2 cm³/mol. The summed E-state index contributed by atoms with van der Waals surface area (Å²) in [6.07, 6.45) is 0. The normalized spacial score (nSPS) is 10.5. The number of amides is 1. The van der Waals surface area contributed by atoms with E-state index in [1.165, 1.54) is 0 Å². The minimum absolute atomic E-state index is 0.121. The molecule has 1 heterocycles. The Balaban J connectivity index is 2.23. The summed E-state index contributed by atoms with van der Waals surface area (Å²) in [6.45, 7) is 3.95. The highest BCUT2D eigenvalue weighted by atomic mass is 35.5. The van der Waals surface area contributed by atoms with Crippen molar-refractivity contribution in [1.82, 2.24) is 15.1 Å². The first-order valence-electron chi connectivity index (χ1n) is 6.48. The highest BCUT2D eigenvalue weighted by Crippen LogP contribution is 2.21. The molecular weight excluding hydrogens is 288 g/mol. The lowest BCUT2D eigenvalue weighted by Gasteiger charge is -2.19. The van der Waals surface area contributed by atoms with Crippen molar-refractivity contribution in [3.05, 3.63) is 51.8 Å². The number of aromatic nitrogens is 2. The summed E-state index contributed by atoms with van der Waals surface area (Å²) >= 11 is 6.13. The van der Waals surface area contributed by atoms with Crippen LogP contribution in [0.2, 0.25) is 5.02 Å². The Morgan fingerprint density at radius 2 is 2.00 bits per heavy atom. The molecule has 0 radical (unpaired) electrons. The van der Waals surface area contributed by atoms with Crippen molar-refractivity contribution in [3.8, 4) is 0 Å². The van der Waals surface area contributed by atoms with Gasteiger partial charge in [0.2, 0.25) is 0 Å². The van der Waals surface area contributed by atoms with Crippen LogP contribution in [-0.2, 0) is 6.54 Å². The fourth-order valence-electron chi connectivity index (χ4n) is 2.02. The number of nitrogen functional groups attached to an aromatic ring is 1. The van der Waals surface area contributed by atoms with Crippen molar-refractivity contribution in [2.45, 2.75) is 20.4 Å². The monoisotopic (exact) mass is 304 g/mol. The maximum Gasteiger partial charge on any atom is 0.255 e. The van der Waals surface area contributed by atoms with E-state index in [0.717, 1.165) is 5.56 Å². The minimum atomic E-state index is -0.121. The number of anilines is 1. The second kappa shape index (κ2) is 6.10. The second-order valence-corrected chi connectivity index (χ2v) is 5.40. The third-order valence-electron chi connectivity index (χ3n) is 3.16. The van der Waals surface area contributed by atoms with E-state index in [1.807, 2.05) is 0 Å². The van der Waals surface area contributed by atoms with Gasteiger partial charge in [0.1, 0.15) is 0 Å². The Labute approximate surface area is 128 Å². The predicted octanol–water partition coefficient (Wildman–Crippen LogP) is 2.60. The quantitative estimate of drug-likeness (QED) is 0.885. The van der Waals surface area contributed by atoms with Gasteiger partial charge in [0, 0.05) is 24.3 Å². The van der Waals surface area contributed by atoms with E-state index >= 15 is 0 Å². The van der Waals surface area contributed by atoms with Gasteiger partial charge in [0.05, 0.1) is 17.0 Å². The van der Waals surface area contributed by atoms with Crippen LogP contribution in [0.3, 0.4) is 0 Å². The van der Waals surface area contributed by atoms with Gasteiger partial charge in [-0.1, -0.05) is 11.6 Å². The highest BCUT2D eigenvalue weighted by molar-refractivity contribution is 6.31. The number of nitrogens with zero attached hydrogens (tertiary/aromatic N) is 3. The first kappa shape index (κ1) is 15.3. The Morgan fingerprint density at radius 1 is 1.29 bits per heavy atom. The molecule has 2 aromatic rings. The Morgan fingerprint density at radius 3 is 2.71 bits per heavy atom. The molecular formula is C15H17ClN4O. The summed E-state index contributed by atoms with van der Waals surface area (Å²) in [5, 5.41) is 8.50.